The summed E-state index contributed by atoms with van der Waals surface area (Å²) < 4.78 is 5.75. The van der Waals surface area contributed by atoms with Crippen LogP contribution >= 0.6 is 0 Å². The zero-order valence-electron chi connectivity index (χ0n) is 8.99. The molecule has 1 unspecified atom stereocenters. The molecule has 0 spiro atoms. The van der Waals surface area contributed by atoms with Crippen molar-refractivity contribution in [3.8, 4) is 11.8 Å². The van der Waals surface area contributed by atoms with Crippen molar-refractivity contribution in [1.82, 2.24) is 0 Å². The van der Waals surface area contributed by atoms with E-state index in [1.807, 2.05) is 6.07 Å². The fraction of sp³-hybridized carbons (Fsp3) is 0.462. The molecule has 2 heteroatoms. The second kappa shape index (κ2) is 4.35. The minimum Gasteiger partial charge on any atom is -0.493 e. The molecule has 2 rings (SSSR count). The van der Waals surface area contributed by atoms with Gasteiger partial charge in [-0.2, -0.15) is 5.26 Å². The van der Waals surface area contributed by atoms with Gasteiger partial charge in [0.15, 0.2) is 0 Å². The highest BCUT2D eigenvalue weighted by Gasteiger charge is 2.20. The lowest BCUT2D eigenvalue weighted by atomic mass is 9.91. The summed E-state index contributed by atoms with van der Waals surface area (Å²) in [5.41, 5.74) is 2.39. The van der Waals surface area contributed by atoms with E-state index in [0.29, 0.717) is 12.3 Å². The van der Waals surface area contributed by atoms with Crippen LogP contribution in [0.15, 0.2) is 18.2 Å². The van der Waals surface area contributed by atoms with Gasteiger partial charge < -0.3 is 4.74 Å². The van der Waals surface area contributed by atoms with E-state index in [4.69, 9.17) is 10.00 Å². The van der Waals surface area contributed by atoms with Crippen LogP contribution in [-0.4, -0.2) is 6.61 Å². The number of para-hydroxylation sites is 1. The number of nitrogens with zero attached hydrogens (tertiary/aromatic N) is 1. The van der Waals surface area contributed by atoms with Gasteiger partial charge in [-0.3, -0.25) is 0 Å². The average Bonchev–Trinajstić information content (AvgIpc) is 2.43. The van der Waals surface area contributed by atoms with E-state index in [2.05, 4.69) is 25.1 Å². The van der Waals surface area contributed by atoms with E-state index in [1.165, 1.54) is 11.1 Å². The van der Waals surface area contributed by atoms with Crippen molar-refractivity contribution < 1.29 is 4.74 Å². The van der Waals surface area contributed by atoms with Crippen molar-refractivity contribution in [3.05, 3.63) is 29.3 Å². The molecule has 1 aliphatic heterocycles. The zero-order chi connectivity index (χ0) is 10.7. The van der Waals surface area contributed by atoms with E-state index < -0.39 is 0 Å². The molecule has 0 bridgehead atoms. The minimum atomic E-state index is 0.354. The predicted octanol–water partition coefficient (Wildman–Crippen LogP) is 3.16. The quantitative estimate of drug-likeness (QED) is 0.699. The highest BCUT2D eigenvalue weighted by Crippen LogP contribution is 2.36. The maximum Gasteiger partial charge on any atom is 0.125 e. The van der Waals surface area contributed by atoms with E-state index in [-0.39, 0.29) is 0 Å². The molecule has 78 valence electrons. The van der Waals surface area contributed by atoms with Crippen LogP contribution in [0.25, 0.3) is 0 Å². The standard InChI is InChI=1S/C13H15NO/c1-10-4-2-6-12-11(7-8-14)5-3-9-15-13(10)12/h2,4,6,11H,3,5,7,9H2,1H3. The third-order valence-corrected chi connectivity index (χ3v) is 2.96. The molecule has 0 saturated heterocycles. The van der Waals surface area contributed by atoms with Gasteiger partial charge in [-0.05, 0) is 30.9 Å². The molecule has 0 amide bonds. The Morgan fingerprint density at radius 3 is 3.20 bits per heavy atom. The molecule has 0 N–H and O–H groups in total. The zero-order valence-corrected chi connectivity index (χ0v) is 8.99. The Labute approximate surface area is 90.5 Å². The summed E-state index contributed by atoms with van der Waals surface area (Å²) in [4.78, 5) is 0. The molecule has 15 heavy (non-hydrogen) atoms. The van der Waals surface area contributed by atoms with Crippen LogP contribution in [0.4, 0.5) is 0 Å². The summed E-state index contributed by atoms with van der Waals surface area (Å²) in [6, 6.07) is 8.47. The topological polar surface area (TPSA) is 33.0 Å². The van der Waals surface area contributed by atoms with Crippen molar-refractivity contribution in [2.75, 3.05) is 6.61 Å². The van der Waals surface area contributed by atoms with Crippen molar-refractivity contribution in [2.45, 2.75) is 32.1 Å². The van der Waals surface area contributed by atoms with Crippen LogP contribution < -0.4 is 4.74 Å². The van der Waals surface area contributed by atoms with Crippen LogP contribution in [0, 0.1) is 18.3 Å². The lowest BCUT2D eigenvalue weighted by molar-refractivity contribution is 0.314. The van der Waals surface area contributed by atoms with Crippen molar-refractivity contribution >= 4 is 0 Å². The first-order valence-corrected chi connectivity index (χ1v) is 5.42. The Morgan fingerprint density at radius 1 is 1.53 bits per heavy atom. The third-order valence-electron chi connectivity index (χ3n) is 2.96. The Bertz CT molecular complexity index is 392. The van der Waals surface area contributed by atoms with Crippen LogP contribution in [0.1, 0.15) is 36.3 Å². The lowest BCUT2D eigenvalue weighted by Crippen LogP contribution is -1.98. The molecule has 1 heterocycles. The first kappa shape index (κ1) is 10.0. The van der Waals surface area contributed by atoms with Gasteiger partial charge in [0, 0.05) is 12.3 Å². The molecule has 1 aromatic rings. The van der Waals surface area contributed by atoms with Gasteiger partial charge in [-0.25, -0.2) is 0 Å². The Balaban J connectivity index is 2.41. The summed E-state index contributed by atoms with van der Waals surface area (Å²) in [5, 5.41) is 8.81. The summed E-state index contributed by atoms with van der Waals surface area (Å²) in [6.45, 7) is 2.84. The fourth-order valence-corrected chi connectivity index (χ4v) is 2.18. The number of aryl methyl sites for hydroxylation is 1. The smallest absolute Gasteiger partial charge is 0.125 e. The number of hydrogen-bond acceptors (Lipinski definition) is 2. The molecule has 0 aromatic heterocycles. The number of hydrogen-bond donors (Lipinski definition) is 0. The van der Waals surface area contributed by atoms with Crippen molar-refractivity contribution in [2.24, 2.45) is 0 Å². The van der Waals surface area contributed by atoms with Gasteiger partial charge in [0.1, 0.15) is 5.75 Å². The van der Waals surface area contributed by atoms with E-state index in [1.54, 1.807) is 0 Å². The molecule has 1 aliphatic rings. The fourth-order valence-electron chi connectivity index (χ4n) is 2.18. The first-order valence-electron chi connectivity index (χ1n) is 5.42. The van der Waals surface area contributed by atoms with Gasteiger partial charge in [0.25, 0.3) is 0 Å². The molecular weight excluding hydrogens is 186 g/mol. The van der Waals surface area contributed by atoms with Crippen LogP contribution in [-0.2, 0) is 0 Å². The lowest BCUT2D eigenvalue weighted by Gasteiger charge is -2.14. The molecule has 1 aromatic carbocycles. The highest BCUT2D eigenvalue weighted by atomic mass is 16.5. The molecule has 0 saturated carbocycles. The summed E-state index contributed by atoms with van der Waals surface area (Å²) in [6.07, 6.45) is 2.70. The van der Waals surface area contributed by atoms with Crippen LogP contribution in [0.2, 0.25) is 0 Å². The Kier molecular flexibility index (Phi) is 2.91. The second-order valence-corrected chi connectivity index (χ2v) is 4.04. The van der Waals surface area contributed by atoms with E-state index in [9.17, 15) is 0 Å². The van der Waals surface area contributed by atoms with Gasteiger partial charge >= 0.3 is 0 Å². The molecule has 0 aliphatic carbocycles. The van der Waals surface area contributed by atoms with E-state index >= 15 is 0 Å². The Morgan fingerprint density at radius 2 is 2.40 bits per heavy atom. The van der Waals surface area contributed by atoms with Crippen LogP contribution in [0.3, 0.4) is 0 Å². The largest absolute Gasteiger partial charge is 0.493 e. The van der Waals surface area contributed by atoms with Gasteiger partial charge in [-0.1, -0.05) is 18.2 Å². The number of rotatable bonds is 1. The monoisotopic (exact) mass is 201 g/mol. The highest BCUT2D eigenvalue weighted by molar-refractivity contribution is 5.43. The van der Waals surface area contributed by atoms with Gasteiger partial charge in [-0.15, -0.1) is 0 Å². The summed E-state index contributed by atoms with van der Waals surface area (Å²) in [7, 11) is 0. The maximum absolute atomic E-state index is 8.81. The predicted molar refractivity (Wildman–Crippen MR) is 58.9 cm³/mol. The third kappa shape index (κ3) is 1.97. The number of nitriles is 1. The molecule has 0 fully saturated rings. The maximum atomic E-state index is 8.81. The molecule has 1 atom stereocenters. The minimum absolute atomic E-state index is 0.354. The van der Waals surface area contributed by atoms with Crippen molar-refractivity contribution in [1.29, 1.82) is 5.26 Å². The van der Waals surface area contributed by atoms with E-state index in [0.717, 1.165) is 25.2 Å². The number of fused-ring (bicyclic) bond motifs is 1. The number of benzene rings is 1. The number of ether oxygens (including phenoxy) is 1. The van der Waals surface area contributed by atoms with Gasteiger partial charge in [0.2, 0.25) is 0 Å². The van der Waals surface area contributed by atoms with Crippen LogP contribution in [0.5, 0.6) is 5.75 Å². The molecule has 0 radical (unpaired) electrons. The molecular formula is C13H15NO. The SMILES string of the molecule is Cc1cccc2c1OCCCC2CC#N. The summed E-state index contributed by atoms with van der Waals surface area (Å²) in [5.74, 6) is 1.36. The Hall–Kier alpha value is -1.49. The van der Waals surface area contributed by atoms with Gasteiger partial charge in [0.05, 0.1) is 12.7 Å². The second-order valence-electron chi connectivity index (χ2n) is 4.04. The van der Waals surface area contributed by atoms with Crippen molar-refractivity contribution in [3.63, 3.8) is 0 Å². The first-order chi connectivity index (χ1) is 7.33. The molecule has 2 nitrogen and oxygen atoms in total. The normalized spacial score (nSPS) is 19.6. The average molecular weight is 201 g/mol. The summed E-state index contributed by atoms with van der Waals surface area (Å²) >= 11 is 0.